The lowest BCUT2D eigenvalue weighted by Crippen LogP contribution is -2.45. The van der Waals surface area contributed by atoms with Gasteiger partial charge in [0.05, 0.1) is 30.4 Å². The molecule has 5 rings (SSSR count). The van der Waals surface area contributed by atoms with Gasteiger partial charge in [0.15, 0.2) is 0 Å². The molecule has 2 amide bonds. The second-order valence-electron chi connectivity index (χ2n) is 9.73. The predicted octanol–water partition coefficient (Wildman–Crippen LogP) is 2.94. The summed E-state index contributed by atoms with van der Waals surface area (Å²) >= 11 is 0. The lowest BCUT2D eigenvalue weighted by atomic mass is 9.85. The maximum Gasteiger partial charge on any atom is 0.326 e. The summed E-state index contributed by atoms with van der Waals surface area (Å²) in [6, 6.07) is 11.1. The van der Waals surface area contributed by atoms with Crippen LogP contribution in [0, 0.1) is 12.8 Å². The molecule has 1 saturated heterocycles. The monoisotopic (exact) mass is 507 g/mol. The normalized spacial score (nSPS) is 21.9. The van der Waals surface area contributed by atoms with Gasteiger partial charge in [0, 0.05) is 36.8 Å². The number of rotatable bonds is 6. The highest BCUT2D eigenvalue weighted by Crippen LogP contribution is 2.35. The Morgan fingerprint density at radius 1 is 1.08 bits per heavy atom. The van der Waals surface area contributed by atoms with E-state index < -0.39 is 6.10 Å². The van der Waals surface area contributed by atoms with E-state index >= 15 is 0 Å². The zero-order valence-electron chi connectivity index (χ0n) is 21.1. The minimum Gasteiger partial charge on any atom is -0.496 e. The number of hydrogen-bond donors (Lipinski definition) is 4. The number of para-hydroxylation sites is 1. The predicted molar refractivity (Wildman–Crippen MR) is 141 cm³/mol. The van der Waals surface area contributed by atoms with E-state index in [9.17, 15) is 14.4 Å². The number of imidazole rings is 1. The molecule has 2 heterocycles. The van der Waals surface area contributed by atoms with Crippen LogP contribution in [0.2, 0.25) is 0 Å². The number of aromatic nitrogens is 2. The third kappa shape index (κ3) is 5.26. The number of methoxy groups -OCH3 is 1. The van der Waals surface area contributed by atoms with Crippen molar-refractivity contribution in [1.82, 2.24) is 14.9 Å². The molecule has 3 aromatic rings. The minimum atomic E-state index is -0.569. The van der Waals surface area contributed by atoms with Crippen LogP contribution >= 0.6 is 0 Å². The fourth-order valence-electron chi connectivity index (χ4n) is 5.30. The van der Waals surface area contributed by atoms with E-state index in [4.69, 9.17) is 9.47 Å². The average molecular weight is 508 g/mol. The zero-order valence-corrected chi connectivity index (χ0v) is 21.1. The van der Waals surface area contributed by atoms with E-state index in [0.717, 1.165) is 23.4 Å². The van der Waals surface area contributed by atoms with Gasteiger partial charge >= 0.3 is 5.69 Å². The molecule has 2 aliphatic rings. The molecule has 1 atom stereocenters. The van der Waals surface area contributed by atoms with Crippen molar-refractivity contribution in [2.45, 2.75) is 44.8 Å². The zero-order chi connectivity index (χ0) is 25.9. The van der Waals surface area contributed by atoms with Crippen molar-refractivity contribution in [3.63, 3.8) is 0 Å². The van der Waals surface area contributed by atoms with Gasteiger partial charge in [-0.15, -0.1) is 0 Å². The molecule has 2 fully saturated rings. The van der Waals surface area contributed by atoms with E-state index in [0.29, 0.717) is 55.7 Å². The van der Waals surface area contributed by atoms with Gasteiger partial charge in [-0.3, -0.25) is 14.2 Å². The fraction of sp³-hybridized carbons (Fsp3) is 0.444. The fourth-order valence-corrected chi connectivity index (χ4v) is 5.30. The second kappa shape index (κ2) is 10.8. The summed E-state index contributed by atoms with van der Waals surface area (Å²) in [7, 11) is 1.61. The van der Waals surface area contributed by atoms with Crippen LogP contribution in [0.4, 0.5) is 11.4 Å². The Morgan fingerprint density at radius 2 is 1.89 bits per heavy atom. The Labute approximate surface area is 214 Å². The van der Waals surface area contributed by atoms with E-state index in [1.807, 2.05) is 37.3 Å². The van der Waals surface area contributed by atoms with Crippen molar-refractivity contribution < 1.29 is 19.1 Å². The molecule has 1 aromatic heterocycles. The van der Waals surface area contributed by atoms with Crippen LogP contribution in [0.5, 0.6) is 5.75 Å². The van der Waals surface area contributed by atoms with Crippen molar-refractivity contribution in [2.24, 2.45) is 5.92 Å². The molecule has 0 bridgehead atoms. The molecular weight excluding hydrogens is 474 g/mol. The van der Waals surface area contributed by atoms with Crippen LogP contribution in [0.3, 0.4) is 0 Å². The van der Waals surface area contributed by atoms with Gasteiger partial charge in [-0.1, -0.05) is 12.1 Å². The van der Waals surface area contributed by atoms with Crippen molar-refractivity contribution in [2.75, 3.05) is 37.4 Å². The smallest absolute Gasteiger partial charge is 0.326 e. The number of amides is 2. The van der Waals surface area contributed by atoms with Gasteiger partial charge in [-0.25, -0.2) is 4.79 Å². The van der Waals surface area contributed by atoms with Gasteiger partial charge in [-0.05, 0) is 56.4 Å². The molecule has 4 N–H and O–H groups in total. The average Bonchev–Trinajstić information content (AvgIpc) is 3.27. The number of carbonyl (C=O) groups excluding carboxylic acids is 2. The summed E-state index contributed by atoms with van der Waals surface area (Å²) < 4.78 is 12.7. The Morgan fingerprint density at radius 3 is 2.62 bits per heavy atom. The van der Waals surface area contributed by atoms with Gasteiger partial charge in [-0.2, -0.15) is 0 Å². The molecule has 0 radical (unpaired) electrons. The third-order valence-electron chi connectivity index (χ3n) is 7.34. The SMILES string of the molecule is COc1cc(NC(=O)C2CCC(n3c(=O)[nH]c4c(NC(=O)C5CNCCO5)cccc43)CC2)ccc1C. The molecule has 1 saturated carbocycles. The molecular formula is C27H33N5O5. The number of nitrogens with zero attached hydrogens (tertiary/aromatic N) is 1. The summed E-state index contributed by atoms with van der Waals surface area (Å²) in [6.07, 6.45) is 2.21. The number of anilines is 2. The number of carbonyl (C=O) groups is 2. The van der Waals surface area contributed by atoms with Crippen LogP contribution < -0.4 is 26.4 Å². The highest BCUT2D eigenvalue weighted by molar-refractivity contribution is 6.01. The largest absolute Gasteiger partial charge is 0.496 e. The lowest BCUT2D eigenvalue weighted by molar-refractivity contribution is -0.128. The quantitative estimate of drug-likeness (QED) is 0.406. The first kappa shape index (κ1) is 25.0. The molecule has 10 heteroatoms. The molecule has 37 heavy (non-hydrogen) atoms. The second-order valence-corrected chi connectivity index (χ2v) is 9.73. The van der Waals surface area contributed by atoms with Gasteiger partial charge in [0.2, 0.25) is 5.91 Å². The Hall–Kier alpha value is -3.63. The summed E-state index contributed by atoms with van der Waals surface area (Å²) in [6.45, 7) is 3.61. The maximum absolute atomic E-state index is 13.0. The van der Waals surface area contributed by atoms with Crippen molar-refractivity contribution in [1.29, 1.82) is 0 Å². The third-order valence-corrected chi connectivity index (χ3v) is 7.34. The Kier molecular flexibility index (Phi) is 7.29. The summed E-state index contributed by atoms with van der Waals surface area (Å²) in [4.78, 5) is 41.5. The lowest BCUT2D eigenvalue weighted by Gasteiger charge is -2.28. The molecule has 1 aliphatic carbocycles. The molecule has 196 valence electrons. The van der Waals surface area contributed by atoms with Crippen LogP contribution in [-0.4, -0.2) is 54.3 Å². The van der Waals surface area contributed by atoms with E-state index in [1.165, 1.54) is 0 Å². The first-order valence-corrected chi connectivity index (χ1v) is 12.8. The number of aromatic amines is 1. The summed E-state index contributed by atoms with van der Waals surface area (Å²) in [5.74, 6) is 0.355. The first-order chi connectivity index (χ1) is 17.9. The van der Waals surface area contributed by atoms with Gasteiger partial charge in [0.1, 0.15) is 11.9 Å². The highest BCUT2D eigenvalue weighted by atomic mass is 16.5. The minimum absolute atomic E-state index is 0.0138. The van der Waals surface area contributed by atoms with Gasteiger partial charge in [0.25, 0.3) is 5.91 Å². The summed E-state index contributed by atoms with van der Waals surface area (Å²) in [5, 5.41) is 9.06. The number of morpholine rings is 1. The number of hydrogen-bond acceptors (Lipinski definition) is 6. The maximum atomic E-state index is 13.0. The molecule has 0 spiro atoms. The molecule has 1 aliphatic heterocycles. The molecule has 2 aromatic carbocycles. The highest BCUT2D eigenvalue weighted by Gasteiger charge is 2.30. The molecule has 1 unspecified atom stereocenters. The number of fused-ring (bicyclic) bond motifs is 1. The molecule has 10 nitrogen and oxygen atoms in total. The van der Waals surface area contributed by atoms with Crippen LogP contribution in [0.15, 0.2) is 41.2 Å². The summed E-state index contributed by atoms with van der Waals surface area (Å²) in [5.41, 5.74) is 3.39. The van der Waals surface area contributed by atoms with E-state index in [-0.39, 0.29) is 29.5 Å². The van der Waals surface area contributed by atoms with Gasteiger partial charge < -0.3 is 30.4 Å². The number of nitrogens with one attached hydrogen (secondary N) is 4. The Balaban J connectivity index is 1.26. The van der Waals surface area contributed by atoms with E-state index in [1.54, 1.807) is 17.7 Å². The number of benzene rings is 2. The number of ether oxygens (including phenoxy) is 2. The number of aryl methyl sites for hydroxylation is 1. The Bertz CT molecular complexity index is 1350. The first-order valence-electron chi connectivity index (χ1n) is 12.8. The number of H-pyrrole nitrogens is 1. The van der Waals surface area contributed by atoms with E-state index in [2.05, 4.69) is 20.9 Å². The van der Waals surface area contributed by atoms with Crippen LogP contribution in [-0.2, 0) is 14.3 Å². The van der Waals surface area contributed by atoms with Crippen molar-refractivity contribution in [3.05, 3.63) is 52.4 Å². The van der Waals surface area contributed by atoms with Crippen molar-refractivity contribution >= 4 is 34.2 Å². The topological polar surface area (TPSA) is 126 Å². The van der Waals surface area contributed by atoms with Crippen LogP contribution in [0.25, 0.3) is 11.0 Å². The van der Waals surface area contributed by atoms with Crippen molar-refractivity contribution in [3.8, 4) is 5.75 Å². The standard InChI is InChI=1S/C27H33N5O5/c1-16-6-9-18(14-22(16)36-2)29-25(33)17-7-10-19(11-8-17)32-21-5-3-4-20(24(21)31-27(32)35)30-26(34)23-15-28-12-13-37-23/h3-6,9,14,17,19,23,28H,7-8,10-13,15H2,1-2H3,(H,29,33)(H,30,34)(H,31,35). The van der Waals surface area contributed by atoms with Crippen LogP contribution in [0.1, 0.15) is 37.3 Å².